The van der Waals surface area contributed by atoms with Crippen LogP contribution >= 0.6 is 11.8 Å². The Kier molecular flexibility index (Phi) is 12.0. The second-order valence-corrected chi connectivity index (χ2v) is 14.5. The van der Waals surface area contributed by atoms with Gasteiger partial charge in [0.05, 0.1) is 6.61 Å². The Bertz CT molecular complexity index is 1740. The molecule has 3 aromatic carbocycles. The fourth-order valence-corrected chi connectivity index (χ4v) is 8.77. The number of thioether (sulfide) groups is 1. The van der Waals surface area contributed by atoms with Crippen LogP contribution in [0.15, 0.2) is 81.9 Å². The second kappa shape index (κ2) is 17.0. The molecular formula is C39H47N5O4S. The number of H-pyrrole nitrogens is 1. The molecule has 3 heterocycles. The molecule has 1 aromatic heterocycles. The molecule has 2 unspecified atom stereocenters. The first-order valence-corrected chi connectivity index (χ1v) is 18.8. The first kappa shape index (κ1) is 34.7. The minimum absolute atomic E-state index is 0.238. The van der Waals surface area contributed by atoms with Gasteiger partial charge in [0.25, 0.3) is 0 Å². The van der Waals surface area contributed by atoms with Gasteiger partial charge in [-0.25, -0.2) is 14.4 Å². The number of likely N-dealkylation sites (tertiary alicyclic amines) is 2. The predicted molar refractivity (Wildman–Crippen MR) is 196 cm³/mol. The van der Waals surface area contributed by atoms with Gasteiger partial charge in [-0.3, -0.25) is 0 Å². The van der Waals surface area contributed by atoms with Crippen LogP contribution in [0.4, 0.5) is 9.59 Å². The van der Waals surface area contributed by atoms with Gasteiger partial charge in [0.2, 0.25) is 0 Å². The maximum Gasteiger partial charge on any atom is 0.362 e. The number of para-hydroxylation sites is 1. The summed E-state index contributed by atoms with van der Waals surface area (Å²) in [5.41, 5.74) is 2.81. The molecular weight excluding hydrogens is 635 g/mol. The number of esters is 1. The Morgan fingerprint density at radius 3 is 2.04 bits per heavy atom. The summed E-state index contributed by atoms with van der Waals surface area (Å²) in [7, 11) is 0. The van der Waals surface area contributed by atoms with E-state index in [1.54, 1.807) is 9.80 Å². The summed E-state index contributed by atoms with van der Waals surface area (Å²) in [6.07, 6.45) is 11.0. The van der Waals surface area contributed by atoms with Crippen molar-refractivity contribution in [2.24, 2.45) is 10.2 Å². The first-order valence-electron chi connectivity index (χ1n) is 17.9. The summed E-state index contributed by atoms with van der Waals surface area (Å²) >= 11 is 2.00. The van der Waals surface area contributed by atoms with E-state index in [1.807, 2.05) is 30.8 Å². The Labute approximate surface area is 292 Å². The minimum atomic E-state index is -0.375. The fraction of sp³-hybridized carbons (Fsp3) is 0.462. The number of nitrogens with zero attached hydrogens (tertiary/aromatic N) is 4. The summed E-state index contributed by atoms with van der Waals surface area (Å²) in [5.74, 6) is 0.120. The number of aromatic nitrogens is 1. The molecule has 2 atom stereocenters. The maximum absolute atomic E-state index is 12.7. The topological polar surface area (TPSA) is 107 Å². The van der Waals surface area contributed by atoms with E-state index in [4.69, 9.17) is 4.74 Å². The molecule has 2 saturated heterocycles. The summed E-state index contributed by atoms with van der Waals surface area (Å²) in [6, 6.07) is 22.7. The zero-order valence-electron chi connectivity index (χ0n) is 28.4. The number of carbonyl (C=O) groups excluding carboxylic acids is 3. The lowest BCUT2D eigenvalue weighted by Crippen LogP contribution is -2.35. The van der Waals surface area contributed by atoms with Crippen LogP contribution in [0.25, 0.3) is 21.7 Å². The number of hydrogen-bond acceptors (Lipinski definition) is 5. The Morgan fingerprint density at radius 1 is 0.755 bits per heavy atom. The van der Waals surface area contributed by atoms with Crippen molar-refractivity contribution >= 4 is 51.5 Å². The molecule has 1 saturated carbocycles. The number of hydrogen-bond donors (Lipinski definition) is 1. The number of rotatable bonds is 5. The summed E-state index contributed by atoms with van der Waals surface area (Å²) in [4.78, 5) is 44.1. The molecule has 49 heavy (non-hydrogen) atoms. The molecule has 258 valence electrons. The third kappa shape index (κ3) is 8.71. The number of carbonyl (C=O) groups is 3. The SMILES string of the molecule is CCOC(=O)c1[nH]c2ccccc2c1C1CCCC(Sc2cccc3ccccc23)C1.O=C(N=NC(=O)N1CCCCC1)N1CCCCC1. The number of amides is 4. The molecule has 0 radical (unpaired) electrons. The quantitative estimate of drug-likeness (QED) is 0.167. The summed E-state index contributed by atoms with van der Waals surface area (Å²) < 4.78 is 5.38. The van der Waals surface area contributed by atoms with Crippen LogP contribution in [0.5, 0.6) is 0 Å². The highest BCUT2D eigenvalue weighted by atomic mass is 32.2. The first-order chi connectivity index (χ1) is 24.0. The molecule has 7 rings (SSSR count). The number of ether oxygens (including phenoxy) is 1. The van der Waals surface area contributed by atoms with Crippen LogP contribution in [0, 0.1) is 0 Å². The highest BCUT2D eigenvalue weighted by Gasteiger charge is 2.31. The van der Waals surface area contributed by atoms with Crippen LogP contribution in [-0.4, -0.2) is 70.9 Å². The van der Waals surface area contributed by atoms with E-state index in [-0.39, 0.29) is 18.0 Å². The van der Waals surface area contributed by atoms with Gasteiger partial charge < -0.3 is 19.5 Å². The van der Waals surface area contributed by atoms with Gasteiger partial charge in [-0.2, -0.15) is 0 Å². The van der Waals surface area contributed by atoms with Crippen molar-refractivity contribution in [3.05, 3.63) is 78.0 Å². The third-order valence-corrected chi connectivity index (χ3v) is 11.1. The molecule has 0 bridgehead atoms. The maximum atomic E-state index is 12.7. The zero-order chi connectivity index (χ0) is 34.0. The van der Waals surface area contributed by atoms with E-state index < -0.39 is 0 Å². The van der Waals surface area contributed by atoms with E-state index in [1.165, 1.54) is 28.5 Å². The van der Waals surface area contributed by atoms with Gasteiger partial charge in [-0.1, -0.05) is 71.2 Å². The van der Waals surface area contributed by atoms with Gasteiger partial charge >= 0.3 is 18.0 Å². The molecule has 0 spiro atoms. The smallest absolute Gasteiger partial charge is 0.362 e. The average molecular weight is 682 g/mol. The van der Waals surface area contributed by atoms with E-state index >= 15 is 0 Å². The number of aromatic amines is 1. The van der Waals surface area contributed by atoms with Crippen LogP contribution in [0.3, 0.4) is 0 Å². The van der Waals surface area contributed by atoms with E-state index in [2.05, 4.69) is 69.8 Å². The van der Waals surface area contributed by atoms with Gasteiger partial charge in [-0.15, -0.1) is 11.8 Å². The largest absolute Gasteiger partial charge is 0.461 e. The molecule has 4 amide bonds. The third-order valence-electron chi connectivity index (χ3n) is 9.78. The number of benzene rings is 3. The van der Waals surface area contributed by atoms with Gasteiger partial charge in [0.1, 0.15) is 5.69 Å². The number of fused-ring (bicyclic) bond motifs is 2. The standard InChI is InChI=1S/C27H27NO2S.C12H20N4O2/c1-2-30-27(29)26-25(22-14-5-6-15-23(22)28-26)19-11-7-12-20(17-19)31-24-16-8-10-18-9-3-4-13-21(18)24;17-11(15-7-3-1-4-8-15)13-14-12(18)16-9-5-2-6-10-16/h3-6,8-10,13-16,19-20,28H,2,7,11-12,17H2,1H3;1-10H2. The second-order valence-electron chi connectivity index (χ2n) is 13.1. The predicted octanol–water partition coefficient (Wildman–Crippen LogP) is 9.97. The number of azo groups is 1. The highest BCUT2D eigenvalue weighted by Crippen LogP contribution is 2.45. The van der Waals surface area contributed by atoms with Gasteiger partial charge in [0.15, 0.2) is 0 Å². The Morgan fingerprint density at radius 2 is 1.37 bits per heavy atom. The van der Waals surface area contributed by atoms with Crippen molar-refractivity contribution in [1.82, 2.24) is 14.8 Å². The molecule has 4 aromatic rings. The lowest BCUT2D eigenvalue weighted by Gasteiger charge is -2.29. The number of urea groups is 2. The molecule has 9 nitrogen and oxygen atoms in total. The molecule has 1 N–H and O–H groups in total. The molecule has 1 aliphatic carbocycles. The Hall–Kier alpha value is -4.18. The van der Waals surface area contributed by atoms with Crippen molar-refractivity contribution in [3.8, 4) is 0 Å². The summed E-state index contributed by atoms with van der Waals surface area (Å²) in [6.45, 7) is 5.17. The fourth-order valence-electron chi connectivity index (χ4n) is 7.33. The Balaban J connectivity index is 0.000000197. The number of nitrogens with one attached hydrogen (secondary N) is 1. The minimum Gasteiger partial charge on any atom is -0.461 e. The molecule has 10 heteroatoms. The zero-order valence-corrected chi connectivity index (χ0v) is 29.3. The molecule has 3 fully saturated rings. The van der Waals surface area contributed by atoms with Crippen molar-refractivity contribution < 1.29 is 19.1 Å². The highest BCUT2D eigenvalue weighted by molar-refractivity contribution is 8.00. The lowest BCUT2D eigenvalue weighted by molar-refractivity contribution is 0.0518. The monoisotopic (exact) mass is 681 g/mol. The van der Waals surface area contributed by atoms with Gasteiger partial charge in [-0.05, 0) is 99.1 Å². The normalized spacial score (nSPS) is 19.9. The molecule has 3 aliphatic rings. The van der Waals surface area contributed by atoms with E-state index in [0.29, 0.717) is 23.5 Å². The molecule has 2 aliphatic heterocycles. The lowest BCUT2D eigenvalue weighted by atomic mass is 9.82. The number of piperidine rings is 2. The van der Waals surface area contributed by atoms with Crippen LogP contribution < -0.4 is 0 Å². The van der Waals surface area contributed by atoms with Crippen molar-refractivity contribution in [2.75, 3.05) is 32.8 Å². The van der Waals surface area contributed by atoms with Crippen molar-refractivity contribution in [3.63, 3.8) is 0 Å². The van der Waals surface area contributed by atoms with Crippen LogP contribution in [-0.2, 0) is 4.74 Å². The van der Waals surface area contributed by atoms with Crippen molar-refractivity contribution in [2.45, 2.75) is 87.2 Å². The van der Waals surface area contributed by atoms with Crippen molar-refractivity contribution in [1.29, 1.82) is 0 Å². The van der Waals surface area contributed by atoms with Crippen LogP contribution in [0.2, 0.25) is 0 Å². The average Bonchev–Trinajstić information content (AvgIpc) is 3.55. The summed E-state index contributed by atoms with van der Waals surface area (Å²) in [5, 5.41) is 11.4. The van der Waals surface area contributed by atoms with E-state index in [9.17, 15) is 14.4 Å². The van der Waals surface area contributed by atoms with E-state index in [0.717, 1.165) is 94.0 Å². The van der Waals surface area contributed by atoms with Crippen LogP contribution in [0.1, 0.15) is 93.1 Å². The van der Waals surface area contributed by atoms with Gasteiger partial charge in [0, 0.05) is 47.2 Å².